The van der Waals surface area contributed by atoms with Crippen LogP contribution in [-0.2, 0) is 4.89 Å². The normalized spacial score (nSPS) is 10.3. The largest absolute Gasteiger partial charge is 0.430 e. The molecule has 0 N–H and O–H groups in total. The Hall–Kier alpha value is -2.98. The zero-order valence-corrected chi connectivity index (χ0v) is 12.4. The van der Waals surface area contributed by atoms with Gasteiger partial charge >= 0.3 is 6.48 Å². The van der Waals surface area contributed by atoms with Gasteiger partial charge in [-0.2, -0.15) is 0 Å². The zero-order chi connectivity index (χ0) is 15.7. The molecule has 0 unspecified atom stereocenters. The van der Waals surface area contributed by atoms with Gasteiger partial charge in [0.15, 0.2) is 5.75 Å². The van der Waals surface area contributed by atoms with Crippen molar-refractivity contribution in [2.45, 2.75) is 6.48 Å². The molecule has 0 spiro atoms. The predicted octanol–water partition coefficient (Wildman–Crippen LogP) is 4.44. The Morgan fingerprint density at radius 2 is 0.870 bits per heavy atom. The maximum Gasteiger partial charge on any atom is 0.398 e. The van der Waals surface area contributed by atoms with E-state index in [2.05, 4.69) is 0 Å². The van der Waals surface area contributed by atoms with Gasteiger partial charge in [-0.3, -0.25) is 0 Å². The number of benzene rings is 3. The van der Waals surface area contributed by atoms with Crippen LogP contribution < -0.4 is 14.4 Å². The molecular weight excluding hydrogens is 292 g/mol. The van der Waals surface area contributed by atoms with Crippen molar-refractivity contribution < 1.29 is 19.2 Å². The fourth-order valence-corrected chi connectivity index (χ4v) is 1.85. The second kappa shape index (κ2) is 7.87. The van der Waals surface area contributed by atoms with Crippen LogP contribution in [0.4, 0.5) is 0 Å². The highest BCUT2D eigenvalue weighted by Crippen LogP contribution is 2.18. The Balaban J connectivity index is 1.67. The Labute approximate surface area is 134 Å². The van der Waals surface area contributed by atoms with Gasteiger partial charge in [-0.1, -0.05) is 54.6 Å². The summed E-state index contributed by atoms with van der Waals surface area (Å²) in [5.41, 5.74) is 0. The van der Waals surface area contributed by atoms with Gasteiger partial charge in [-0.25, -0.2) is 0 Å². The molecule has 0 bridgehead atoms. The monoisotopic (exact) mass is 308 g/mol. The van der Waals surface area contributed by atoms with Crippen LogP contribution in [0.2, 0.25) is 0 Å². The van der Waals surface area contributed by atoms with Gasteiger partial charge in [-0.05, 0) is 36.4 Å². The molecular formula is C19H16O4. The fraction of sp³-hybridized carbons (Fsp3) is 0.0526. The average Bonchev–Trinajstić information content (AvgIpc) is 2.62. The Morgan fingerprint density at radius 3 is 1.30 bits per heavy atom. The lowest BCUT2D eigenvalue weighted by molar-refractivity contribution is -0.355. The minimum absolute atomic E-state index is 0.561. The summed E-state index contributed by atoms with van der Waals surface area (Å²) < 4.78 is 11.3. The van der Waals surface area contributed by atoms with Crippen molar-refractivity contribution in [3.8, 4) is 17.2 Å². The fourth-order valence-electron chi connectivity index (χ4n) is 1.85. The van der Waals surface area contributed by atoms with E-state index in [1.165, 1.54) is 0 Å². The van der Waals surface area contributed by atoms with Gasteiger partial charge in [0.25, 0.3) is 0 Å². The summed E-state index contributed by atoms with van der Waals surface area (Å²) in [5.74, 6) is 1.79. The van der Waals surface area contributed by atoms with Gasteiger partial charge < -0.3 is 14.4 Å². The van der Waals surface area contributed by atoms with Crippen molar-refractivity contribution >= 4 is 0 Å². The smallest absolute Gasteiger partial charge is 0.398 e. The number of para-hydroxylation sites is 3. The minimum atomic E-state index is -1.04. The molecule has 3 aromatic carbocycles. The average molecular weight is 308 g/mol. The molecule has 0 atom stereocenters. The molecule has 0 radical (unpaired) electrons. The first kappa shape index (κ1) is 14.9. The van der Waals surface area contributed by atoms with Crippen LogP contribution >= 0.6 is 0 Å². The van der Waals surface area contributed by atoms with Crippen molar-refractivity contribution in [3.05, 3.63) is 91.0 Å². The van der Waals surface area contributed by atoms with Gasteiger partial charge in [-0.15, -0.1) is 4.89 Å². The van der Waals surface area contributed by atoms with Gasteiger partial charge in [0, 0.05) is 0 Å². The van der Waals surface area contributed by atoms with E-state index in [1.807, 2.05) is 78.9 Å². The molecule has 0 saturated heterocycles. The van der Waals surface area contributed by atoms with Crippen molar-refractivity contribution in [2.75, 3.05) is 0 Å². The van der Waals surface area contributed by atoms with Crippen LogP contribution in [0.25, 0.3) is 0 Å². The van der Waals surface area contributed by atoms with Crippen LogP contribution in [0.3, 0.4) is 0 Å². The first-order chi connectivity index (χ1) is 11.4. The third-order valence-corrected chi connectivity index (χ3v) is 2.92. The maximum atomic E-state index is 5.67. The second-order valence-corrected chi connectivity index (χ2v) is 4.64. The highest BCUT2D eigenvalue weighted by Gasteiger charge is 2.15. The summed E-state index contributed by atoms with van der Waals surface area (Å²) in [7, 11) is 0. The summed E-state index contributed by atoms with van der Waals surface area (Å²) in [6.45, 7) is -1.04. The third kappa shape index (κ3) is 4.76. The Kier molecular flexibility index (Phi) is 5.11. The molecule has 4 heteroatoms. The SMILES string of the molecule is c1ccc(OOC(Oc2ccccc2)Oc2ccccc2)cc1. The van der Waals surface area contributed by atoms with Crippen molar-refractivity contribution in [2.24, 2.45) is 0 Å². The number of hydrogen-bond acceptors (Lipinski definition) is 4. The first-order valence-corrected chi connectivity index (χ1v) is 7.22. The van der Waals surface area contributed by atoms with E-state index in [9.17, 15) is 0 Å². The van der Waals surface area contributed by atoms with E-state index in [4.69, 9.17) is 19.2 Å². The summed E-state index contributed by atoms with van der Waals surface area (Å²) in [4.78, 5) is 10.6. The summed E-state index contributed by atoms with van der Waals surface area (Å²) in [6.07, 6.45) is 0. The molecule has 3 rings (SSSR count). The Morgan fingerprint density at radius 1 is 0.478 bits per heavy atom. The summed E-state index contributed by atoms with van der Waals surface area (Å²) in [6, 6.07) is 27.7. The summed E-state index contributed by atoms with van der Waals surface area (Å²) in [5, 5.41) is 0. The first-order valence-electron chi connectivity index (χ1n) is 7.22. The topological polar surface area (TPSA) is 36.9 Å². The van der Waals surface area contributed by atoms with Gasteiger partial charge in [0.05, 0.1) is 0 Å². The van der Waals surface area contributed by atoms with E-state index in [0.717, 1.165) is 0 Å². The highest BCUT2D eigenvalue weighted by atomic mass is 17.3. The van der Waals surface area contributed by atoms with E-state index in [0.29, 0.717) is 17.2 Å². The molecule has 0 saturated carbocycles. The van der Waals surface area contributed by atoms with E-state index < -0.39 is 6.48 Å². The highest BCUT2D eigenvalue weighted by molar-refractivity contribution is 5.23. The van der Waals surface area contributed by atoms with E-state index in [1.54, 1.807) is 12.1 Å². The molecule has 3 aromatic rings. The lowest BCUT2D eigenvalue weighted by atomic mass is 10.3. The molecule has 0 aliphatic rings. The zero-order valence-electron chi connectivity index (χ0n) is 12.4. The molecule has 0 heterocycles. The minimum Gasteiger partial charge on any atom is -0.430 e. The number of rotatable bonds is 7. The predicted molar refractivity (Wildman–Crippen MR) is 86.1 cm³/mol. The van der Waals surface area contributed by atoms with Crippen LogP contribution in [0, 0.1) is 0 Å². The van der Waals surface area contributed by atoms with Crippen LogP contribution in [0.5, 0.6) is 17.2 Å². The number of hydrogen-bond donors (Lipinski definition) is 0. The van der Waals surface area contributed by atoms with Crippen LogP contribution in [0.1, 0.15) is 0 Å². The molecule has 116 valence electrons. The molecule has 0 fully saturated rings. The molecule has 4 nitrogen and oxygen atoms in total. The molecule has 0 aromatic heterocycles. The quantitative estimate of drug-likeness (QED) is 0.367. The Bertz CT molecular complexity index is 645. The standard InChI is InChI=1S/C19H16O4/c1-4-10-16(11-5-1)20-19(21-17-12-6-2-7-13-17)23-22-18-14-8-3-9-15-18/h1-15,19H. The number of ether oxygens (including phenoxy) is 2. The second-order valence-electron chi connectivity index (χ2n) is 4.64. The lowest BCUT2D eigenvalue weighted by Crippen LogP contribution is -2.28. The van der Waals surface area contributed by atoms with E-state index >= 15 is 0 Å². The van der Waals surface area contributed by atoms with Crippen molar-refractivity contribution in [1.29, 1.82) is 0 Å². The van der Waals surface area contributed by atoms with Crippen molar-refractivity contribution in [1.82, 2.24) is 0 Å². The molecule has 23 heavy (non-hydrogen) atoms. The van der Waals surface area contributed by atoms with Gasteiger partial charge in [0.1, 0.15) is 11.5 Å². The van der Waals surface area contributed by atoms with Crippen molar-refractivity contribution in [3.63, 3.8) is 0 Å². The molecule has 0 aliphatic heterocycles. The van der Waals surface area contributed by atoms with Crippen LogP contribution in [-0.4, -0.2) is 6.48 Å². The van der Waals surface area contributed by atoms with Gasteiger partial charge in [0.2, 0.25) is 0 Å². The lowest BCUT2D eigenvalue weighted by Gasteiger charge is -2.19. The maximum absolute atomic E-state index is 5.67. The third-order valence-electron chi connectivity index (χ3n) is 2.92. The van der Waals surface area contributed by atoms with E-state index in [-0.39, 0.29) is 0 Å². The molecule has 0 aliphatic carbocycles. The molecule has 0 amide bonds. The summed E-state index contributed by atoms with van der Waals surface area (Å²) >= 11 is 0. The van der Waals surface area contributed by atoms with Crippen LogP contribution in [0.15, 0.2) is 91.0 Å².